The predicted molar refractivity (Wildman–Crippen MR) is 77.3 cm³/mol. The highest BCUT2D eigenvalue weighted by molar-refractivity contribution is 5.85. The second-order valence-electron chi connectivity index (χ2n) is 4.55. The molecule has 1 aromatic rings. The average molecular weight is 276 g/mol. The van der Waals surface area contributed by atoms with Gasteiger partial charge in [-0.1, -0.05) is 0 Å². The molecule has 1 aromatic heterocycles. The van der Waals surface area contributed by atoms with E-state index in [-0.39, 0.29) is 12.4 Å². The van der Waals surface area contributed by atoms with Crippen LogP contribution in [0, 0.1) is 6.92 Å². The molecule has 1 N–H and O–H groups in total. The van der Waals surface area contributed by atoms with E-state index in [9.17, 15) is 0 Å². The zero-order chi connectivity index (χ0) is 12.7. The van der Waals surface area contributed by atoms with Gasteiger partial charge in [-0.25, -0.2) is 0 Å². The summed E-state index contributed by atoms with van der Waals surface area (Å²) in [6, 6.07) is 0. The number of ether oxygens (including phenoxy) is 1. The summed E-state index contributed by atoms with van der Waals surface area (Å²) in [6.07, 6.45) is 3.51. The van der Waals surface area contributed by atoms with Crippen molar-refractivity contribution in [2.75, 3.05) is 13.2 Å². The predicted octanol–water partition coefficient (Wildman–Crippen LogP) is 2.54. The van der Waals surface area contributed by atoms with Crippen LogP contribution in [0.5, 0.6) is 0 Å². The molecular weight excluding hydrogens is 250 g/mol. The Kier molecular flexibility index (Phi) is 9.06. The third-order valence-corrected chi connectivity index (χ3v) is 2.64. The van der Waals surface area contributed by atoms with E-state index in [0.717, 1.165) is 38.4 Å². The molecule has 0 saturated carbocycles. The van der Waals surface area contributed by atoms with Gasteiger partial charge in [0.05, 0.1) is 11.8 Å². The van der Waals surface area contributed by atoms with E-state index in [0.29, 0.717) is 6.10 Å². The van der Waals surface area contributed by atoms with E-state index >= 15 is 0 Å². The van der Waals surface area contributed by atoms with E-state index in [1.165, 1.54) is 5.56 Å². The minimum absolute atomic E-state index is 0. The molecule has 18 heavy (non-hydrogen) atoms. The fourth-order valence-corrected chi connectivity index (χ4v) is 1.63. The van der Waals surface area contributed by atoms with Crippen LogP contribution in [0.1, 0.15) is 38.4 Å². The van der Waals surface area contributed by atoms with Gasteiger partial charge in [-0.3, -0.25) is 4.68 Å². The van der Waals surface area contributed by atoms with Crippen LogP contribution in [0.3, 0.4) is 0 Å². The molecule has 0 bridgehead atoms. The Labute approximate surface area is 117 Å². The summed E-state index contributed by atoms with van der Waals surface area (Å²) in [4.78, 5) is 0. The van der Waals surface area contributed by atoms with Gasteiger partial charge in [0.1, 0.15) is 0 Å². The Morgan fingerprint density at radius 1 is 1.44 bits per heavy atom. The van der Waals surface area contributed by atoms with Crippen LogP contribution < -0.4 is 5.32 Å². The van der Waals surface area contributed by atoms with E-state index in [1.807, 2.05) is 4.68 Å². The zero-order valence-electron chi connectivity index (χ0n) is 11.9. The SMILES string of the molecule is CCn1cc(CNCCCOC(C)C)c(C)n1.Cl. The quantitative estimate of drug-likeness (QED) is 0.741. The minimum Gasteiger partial charge on any atom is -0.379 e. The first-order valence-electron chi connectivity index (χ1n) is 6.48. The lowest BCUT2D eigenvalue weighted by Gasteiger charge is -2.07. The van der Waals surface area contributed by atoms with Crippen molar-refractivity contribution < 1.29 is 4.74 Å². The summed E-state index contributed by atoms with van der Waals surface area (Å²) < 4.78 is 7.46. The van der Waals surface area contributed by atoms with Crippen molar-refractivity contribution in [2.45, 2.75) is 53.3 Å². The van der Waals surface area contributed by atoms with Gasteiger partial charge in [-0.05, 0) is 40.7 Å². The van der Waals surface area contributed by atoms with Crippen molar-refractivity contribution >= 4 is 12.4 Å². The van der Waals surface area contributed by atoms with Gasteiger partial charge in [-0.2, -0.15) is 5.10 Å². The highest BCUT2D eigenvalue weighted by atomic mass is 35.5. The Hall–Kier alpha value is -0.580. The highest BCUT2D eigenvalue weighted by Crippen LogP contribution is 2.04. The number of aromatic nitrogens is 2. The molecule has 1 rings (SSSR count). The summed E-state index contributed by atoms with van der Waals surface area (Å²) in [7, 11) is 0. The summed E-state index contributed by atoms with van der Waals surface area (Å²) in [5, 5.41) is 7.84. The van der Waals surface area contributed by atoms with Crippen molar-refractivity contribution in [3.05, 3.63) is 17.5 Å². The number of hydrogen-bond acceptors (Lipinski definition) is 3. The van der Waals surface area contributed by atoms with Crippen LogP contribution in [-0.4, -0.2) is 29.0 Å². The molecule has 0 fully saturated rings. The van der Waals surface area contributed by atoms with Crippen LogP contribution in [-0.2, 0) is 17.8 Å². The lowest BCUT2D eigenvalue weighted by molar-refractivity contribution is 0.0770. The van der Waals surface area contributed by atoms with Crippen molar-refractivity contribution in [3.8, 4) is 0 Å². The maximum absolute atomic E-state index is 5.48. The molecule has 0 aromatic carbocycles. The molecule has 0 aliphatic carbocycles. The number of nitrogens with one attached hydrogen (secondary N) is 1. The Bertz CT molecular complexity index is 326. The highest BCUT2D eigenvalue weighted by Gasteiger charge is 2.02. The largest absolute Gasteiger partial charge is 0.379 e. The Morgan fingerprint density at radius 2 is 2.17 bits per heavy atom. The summed E-state index contributed by atoms with van der Waals surface area (Å²) in [5.41, 5.74) is 2.41. The van der Waals surface area contributed by atoms with Crippen molar-refractivity contribution in [1.82, 2.24) is 15.1 Å². The molecule has 0 spiro atoms. The van der Waals surface area contributed by atoms with Crippen LogP contribution >= 0.6 is 12.4 Å². The van der Waals surface area contributed by atoms with Gasteiger partial charge in [-0.15, -0.1) is 12.4 Å². The molecule has 0 unspecified atom stereocenters. The fourth-order valence-electron chi connectivity index (χ4n) is 1.63. The first-order valence-corrected chi connectivity index (χ1v) is 6.48. The second-order valence-corrected chi connectivity index (χ2v) is 4.55. The van der Waals surface area contributed by atoms with Crippen LogP contribution in [0.2, 0.25) is 0 Å². The fraction of sp³-hybridized carbons (Fsp3) is 0.769. The number of nitrogens with zero attached hydrogens (tertiary/aromatic N) is 2. The normalized spacial score (nSPS) is 10.7. The molecule has 106 valence electrons. The zero-order valence-corrected chi connectivity index (χ0v) is 12.7. The molecule has 0 amide bonds. The Balaban J connectivity index is 0.00000289. The summed E-state index contributed by atoms with van der Waals surface area (Å²) >= 11 is 0. The first-order chi connectivity index (χ1) is 8.13. The second kappa shape index (κ2) is 9.36. The molecule has 5 heteroatoms. The van der Waals surface area contributed by atoms with Gasteiger partial charge in [0.25, 0.3) is 0 Å². The monoisotopic (exact) mass is 275 g/mol. The molecule has 4 nitrogen and oxygen atoms in total. The van der Waals surface area contributed by atoms with Crippen LogP contribution in [0.4, 0.5) is 0 Å². The molecule has 0 radical (unpaired) electrons. The van der Waals surface area contributed by atoms with Crippen LogP contribution in [0.25, 0.3) is 0 Å². The number of aryl methyl sites for hydroxylation is 2. The lowest BCUT2D eigenvalue weighted by atomic mass is 10.2. The average Bonchev–Trinajstić information content (AvgIpc) is 2.64. The van der Waals surface area contributed by atoms with Crippen molar-refractivity contribution in [3.63, 3.8) is 0 Å². The summed E-state index contributed by atoms with van der Waals surface area (Å²) in [6.45, 7) is 11.9. The molecule has 1 heterocycles. The number of hydrogen-bond donors (Lipinski definition) is 1. The first kappa shape index (κ1) is 17.4. The van der Waals surface area contributed by atoms with Gasteiger partial charge < -0.3 is 10.1 Å². The third kappa shape index (κ3) is 6.38. The van der Waals surface area contributed by atoms with Gasteiger partial charge in [0.15, 0.2) is 0 Å². The van der Waals surface area contributed by atoms with Gasteiger partial charge in [0, 0.05) is 31.5 Å². The Morgan fingerprint density at radius 3 is 2.72 bits per heavy atom. The van der Waals surface area contributed by atoms with E-state index in [4.69, 9.17) is 4.74 Å². The smallest absolute Gasteiger partial charge is 0.0638 e. The van der Waals surface area contributed by atoms with Crippen molar-refractivity contribution in [1.29, 1.82) is 0 Å². The topological polar surface area (TPSA) is 39.1 Å². The maximum Gasteiger partial charge on any atom is 0.0638 e. The maximum atomic E-state index is 5.48. The van der Waals surface area contributed by atoms with Crippen molar-refractivity contribution in [2.24, 2.45) is 0 Å². The molecule has 0 saturated heterocycles. The molecule has 0 aliphatic heterocycles. The summed E-state index contributed by atoms with van der Waals surface area (Å²) in [5.74, 6) is 0. The van der Waals surface area contributed by atoms with E-state index in [1.54, 1.807) is 0 Å². The molecule has 0 atom stereocenters. The van der Waals surface area contributed by atoms with E-state index < -0.39 is 0 Å². The number of halogens is 1. The van der Waals surface area contributed by atoms with E-state index in [2.05, 4.69) is 44.3 Å². The molecule has 0 aliphatic rings. The standard InChI is InChI=1S/C13H25N3O.ClH/c1-5-16-10-13(12(4)15-16)9-14-7-6-8-17-11(2)3;/h10-11,14H,5-9H2,1-4H3;1H. The molecular formula is C13H26ClN3O. The van der Waals surface area contributed by atoms with Gasteiger partial charge >= 0.3 is 0 Å². The third-order valence-electron chi connectivity index (χ3n) is 2.64. The van der Waals surface area contributed by atoms with Crippen LogP contribution in [0.15, 0.2) is 6.20 Å². The minimum atomic E-state index is 0. The number of rotatable bonds is 8. The lowest BCUT2D eigenvalue weighted by Crippen LogP contribution is -2.17. The van der Waals surface area contributed by atoms with Gasteiger partial charge in [0.2, 0.25) is 0 Å².